The quantitative estimate of drug-likeness (QED) is 0.431. The molecule has 1 aromatic rings. The first-order valence-electron chi connectivity index (χ1n) is 4.44. The van der Waals surface area contributed by atoms with E-state index in [1.54, 1.807) is 5.01 Å². The molecular weight excluding hydrogens is 196 g/mol. The lowest BCUT2D eigenvalue weighted by Crippen LogP contribution is -2.09. The number of nitrogens with zero attached hydrogens (tertiary/aromatic N) is 2. The maximum absolute atomic E-state index is 11.1. The van der Waals surface area contributed by atoms with E-state index in [4.69, 9.17) is 0 Å². The molecule has 1 atom stereocenters. The van der Waals surface area contributed by atoms with Crippen LogP contribution < -0.4 is 5.01 Å². The van der Waals surface area contributed by atoms with Crippen molar-refractivity contribution in [2.24, 2.45) is 5.10 Å². The van der Waals surface area contributed by atoms with Gasteiger partial charge >= 0.3 is 0 Å². The zero-order valence-corrected chi connectivity index (χ0v) is 9.20. The van der Waals surface area contributed by atoms with Crippen LogP contribution in [0.4, 0.5) is 5.69 Å². The molecule has 0 aliphatic rings. The summed E-state index contributed by atoms with van der Waals surface area (Å²) in [4.78, 5) is 0. The summed E-state index contributed by atoms with van der Waals surface area (Å²) in [6.07, 6.45) is 0. The van der Waals surface area contributed by atoms with Crippen LogP contribution in [0, 0.1) is 0 Å². The van der Waals surface area contributed by atoms with Crippen LogP contribution in [-0.4, -0.2) is 22.6 Å². The standard InChI is InChI=1S/C10H14N2OS/c1-3-14(13)9-11-12(2)10-7-5-4-6-8-10/h4-9H,3H2,1-2H3. The van der Waals surface area contributed by atoms with E-state index in [1.807, 2.05) is 44.3 Å². The average Bonchev–Trinajstić information content (AvgIpc) is 2.26. The third-order valence-electron chi connectivity index (χ3n) is 1.75. The van der Waals surface area contributed by atoms with Crippen molar-refractivity contribution >= 4 is 22.0 Å². The molecular formula is C10H14N2OS. The lowest BCUT2D eigenvalue weighted by atomic mass is 10.3. The summed E-state index contributed by atoms with van der Waals surface area (Å²) in [6.45, 7) is 1.87. The van der Waals surface area contributed by atoms with Crippen LogP contribution in [-0.2, 0) is 10.8 Å². The Hall–Kier alpha value is -1.16. The topological polar surface area (TPSA) is 32.7 Å². The van der Waals surface area contributed by atoms with Gasteiger partial charge in [-0.15, -0.1) is 0 Å². The smallest absolute Gasteiger partial charge is 0.111 e. The van der Waals surface area contributed by atoms with E-state index >= 15 is 0 Å². The SMILES string of the molecule is CCS(=O)C=NN(C)c1ccccc1. The van der Waals surface area contributed by atoms with Crippen molar-refractivity contribution < 1.29 is 4.21 Å². The van der Waals surface area contributed by atoms with E-state index in [0.29, 0.717) is 5.75 Å². The van der Waals surface area contributed by atoms with E-state index in [1.165, 1.54) is 5.55 Å². The van der Waals surface area contributed by atoms with E-state index in [0.717, 1.165) is 5.69 Å². The van der Waals surface area contributed by atoms with Crippen LogP contribution >= 0.6 is 0 Å². The van der Waals surface area contributed by atoms with Crippen molar-refractivity contribution in [2.45, 2.75) is 6.92 Å². The molecule has 0 aliphatic carbocycles. The van der Waals surface area contributed by atoms with Crippen LogP contribution in [0.3, 0.4) is 0 Å². The predicted octanol–water partition coefficient (Wildman–Crippen LogP) is 1.83. The second-order valence-electron chi connectivity index (χ2n) is 2.75. The fraction of sp³-hybridized carbons (Fsp3) is 0.300. The normalized spacial score (nSPS) is 13.0. The van der Waals surface area contributed by atoms with Crippen molar-refractivity contribution in [1.29, 1.82) is 0 Å². The predicted molar refractivity (Wildman–Crippen MR) is 62.0 cm³/mol. The Kier molecular flexibility index (Phi) is 4.32. The first-order chi connectivity index (χ1) is 6.74. The lowest BCUT2D eigenvalue weighted by molar-refractivity contribution is 0.691. The Balaban J connectivity index is 2.63. The van der Waals surface area contributed by atoms with Gasteiger partial charge in [0, 0.05) is 12.8 Å². The molecule has 1 aromatic carbocycles. The van der Waals surface area contributed by atoms with E-state index < -0.39 is 10.8 Å². The highest BCUT2D eigenvalue weighted by Crippen LogP contribution is 2.10. The molecule has 0 spiro atoms. The zero-order valence-electron chi connectivity index (χ0n) is 8.38. The Morgan fingerprint density at radius 2 is 2.07 bits per heavy atom. The highest BCUT2D eigenvalue weighted by molar-refractivity contribution is 7.98. The van der Waals surface area contributed by atoms with Gasteiger partial charge in [-0.1, -0.05) is 25.1 Å². The van der Waals surface area contributed by atoms with Crippen LogP contribution in [0.15, 0.2) is 35.4 Å². The fourth-order valence-corrected chi connectivity index (χ4v) is 1.30. The molecule has 0 N–H and O–H groups in total. The summed E-state index contributed by atoms with van der Waals surface area (Å²) in [5, 5.41) is 5.78. The summed E-state index contributed by atoms with van der Waals surface area (Å²) in [7, 11) is 0.877. The van der Waals surface area contributed by atoms with Crippen molar-refractivity contribution in [1.82, 2.24) is 0 Å². The summed E-state index contributed by atoms with van der Waals surface area (Å²) in [6, 6.07) is 9.74. The van der Waals surface area contributed by atoms with Crippen molar-refractivity contribution in [3.8, 4) is 0 Å². The largest absolute Gasteiger partial charge is 0.268 e. The highest BCUT2D eigenvalue weighted by Gasteiger charge is 1.95. The Morgan fingerprint density at radius 3 is 2.64 bits per heavy atom. The van der Waals surface area contributed by atoms with Gasteiger partial charge in [-0.3, -0.25) is 9.22 Å². The number of rotatable bonds is 4. The lowest BCUT2D eigenvalue weighted by Gasteiger charge is -2.11. The van der Waals surface area contributed by atoms with Gasteiger partial charge in [0.1, 0.15) is 5.55 Å². The van der Waals surface area contributed by atoms with Crippen LogP contribution in [0.25, 0.3) is 0 Å². The Bertz CT molecular complexity index is 324. The molecule has 0 aliphatic heterocycles. The number of anilines is 1. The minimum absolute atomic E-state index is 0.603. The third kappa shape index (κ3) is 3.30. The van der Waals surface area contributed by atoms with E-state index in [-0.39, 0.29) is 0 Å². The van der Waals surface area contributed by atoms with Crippen molar-refractivity contribution in [2.75, 3.05) is 17.8 Å². The molecule has 3 nitrogen and oxygen atoms in total. The van der Waals surface area contributed by atoms with Crippen molar-refractivity contribution in [3.63, 3.8) is 0 Å². The van der Waals surface area contributed by atoms with E-state index in [9.17, 15) is 4.21 Å². The molecule has 0 radical (unpaired) electrons. The molecule has 0 bridgehead atoms. The molecule has 14 heavy (non-hydrogen) atoms. The van der Waals surface area contributed by atoms with Gasteiger partial charge in [-0.25, -0.2) is 0 Å². The molecule has 0 heterocycles. The summed E-state index contributed by atoms with van der Waals surface area (Å²) in [5.74, 6) is 0.603. The van der Waals surface area contributed by atoms with Gasteiger partial charge in [-0.2, -0.15) is 5.10 Å². The Morgan fingerprint density at radius 1 is 1.43 bits per heavy atom. The molecule has 1 unspecified atom stereocenters. The molecule has 0 saturated carbocycles. The monoisotopic (exact) mass is 210 g/mol. The number of hydrogen-bond donors (Lipinski definition) is 0. The minimum Gasteiger partial charge on any atom is -0.268 e. The first kappa shape index (κ1) is 10.9. The second kappa shape index (κ2) is 5.54. The summed E-state index contributed by atoms with van der Waals surface area (Å²) < 4.78 is 11.1. The highest BCUT2D eigenvalue weighted by atomic mass is 32.2. The molecule has 0 saturated heterocycles. The van der Waals surface area contributed by atoms with Gasteiger partial charge in [0.05, 0.1) is 16.5 Å². The molecule has 1 rings (SSSR count). The summed E-state index contributed by atoms with van der Waals surface area (Å²) >= 11 is 0. The third-order valence-corrected chi connectivity index (χ3v) is 2.65. The molecule has 0 fully saturated rings. The molecule has 4 heteroatoms. The van der Waals surface area contributed by atoms with Gasteiger partial charge in [0.15, 0.2) is 0 Å². The van der Waals surface area contributed by atoms with Gasteiger partial charge in [-0.05, 0) is 12.1 Å². The average molecular weight is 210 g/mol. The number of hydrogen-bond acceptors (Lipinski definition) is 3. The maximum atomic E-state index is 11.1. The first-order valence-corrected chi connectivity index (χ1v) is 5.82. The number of para-hydroxylation sites is 1. The van der Waals surface area contributed by atoms with Gasteiger partial charge in [0.2, 0.25) is 0 Å². The molecule has 0 amide bonds. The maximum Gasteiger partial charge on any atom is 0.111 e. The number of benzene rings is 1. The fourth-order valence-electron chi connectivity index (χ4n) is 0.908. The van der Waals surface area contributed by atoms with Crippen molar-refractivity contribution in [3.05, 3.63) is 30.3 Å². The summed E-state index contributed by atoms with van der Waals surface area (Å²) in [5.41, 5.74) is 2.45. The van der Waals surface area contributed by atoms with Crippen LogP contribution in [0.1, 0.15) is 6.92 Å². The van der Waals surface area contributed by atoms with Gasteiger partial charge < -0.3 is 0 Å². The number of hydrazone groups is 1. The Labute approximate surface area is 86.9 Å². The van der Waals surface area contributed by atoms with E-state index in [2.05, 4.69) is 5.10 Å². The minimum atomic E-state index is -0.955. The van der Waals surface area contributed by atoms with Crippen LogP contribution in [0.5, 0.6) is 0 Å². The molecule has 0 aromatic heterocycles. The second-order valence-corrected chi connectivity index (χ2v) is 4.30. The molecule has 76 valence electrons. The zero-order chi connectivity index (χ0) is 10.4. The van der Waals surface area contributed by atoms with Crippen LogP contribution in [0.2, 0.25) is 0 Å². The van der Waals surface area contributed by atoms with Gasteiger partial charge in [0.25, 0.3) is 0 Å².